The Kier molecular flexibility index (Phi) is 5.53. The SMILES string of the molecule is O=S(=O)(/C=C/c1ccccc1)Nc1ccc(Oc2cc(-n3cccn3)ncn2)cc1. The van der Waals surface area contributed by atoms with Gasteiger partial charge in [-0.25, -0.2) is 23.1 Å². The maximum absolute atomic E-state index is 12.2. The number of anilines is 1. The Morgan fingerprint density at radius 3 is 2.50 bits per heavy atom. The highest BCUT2D eigenvalue weighted by Crippen LogP contribution is 2.23. The molecule has 0 amide bonds. The van der Waals surface area contributed by atoms with Gasteiger partial charge < -0.3 is 4.74 Å². The minimum absolute atomic E-state index is 0.342. The molecule has 2 aromatic heterocycles. The highest BCUT2D eigenvalue weighted by Gasteiger charge is 2.07. The van der Waals surface area contributed by atoms with Gasteiger partial charge in [-0.05, 0) is 42.0 Å². The molecule has 0 saturated heterocycles. The molecule has 4 aromatic rings. The van der Waals surface area contributed by atoms with Gasteiger partial charge >= 0.3 is 0 Å². The predicted octanol–water partition coefficient (Wildman–Crippen LogP) is 3.87. The standard InChI is InChI=1S/C21H17N5O3S/c27-30(28,14-11-17-5-2-1-3-6-17)25-18-7-9-19(10-8-18)29-21-15-20(22-16-23-21)26-13-4-12-24-26/h1-16,25H/b14-11+. The zero-order valence-corrected chi connectivity index (χ0v) is 16.5. The molecule has 0 aliphatic heterocycles. The van der Waals surface area contributed by atoms with E-state index in [1.165, 1.54) is 12.4 Å². The van der Waals surface area contributed by atoms with Gasteiger partial charge in [0, 0.05) is 24.1 Å². The number of nitrogens with one attached hydrogen (secondary N) is 1. The first-order valence-corrected chi connectivity index (χ1v) is 10.5. The Labute approximate surface area is 173 Å². The van der Waals surface area contributed by atoms with E-state index in [1.807, 2.05) is 30.3 Å². The number of benzene rings is 2. The largest absolute Gasteiger partial charge is 0.439 e. The van der Waals surface area contributed by atoms with E-state index in [0.717, 1.165) is 11.0 Å². The third kappa shape index (κ3) is 5.09. The summed E-state index contributed by atoms with van der Waals surface area (Å²) in [7, 11) is -3.64. The number of nitrogens with zero attached hydrogens (tertiary/aromatic N) is 4. The van der Waals surface area contributed by atoms with Crippen molar-refractivity contribution >= 4 is 21.8 Å². The van der Waals surface area contributed by atoms with E-state index < -0.39 is 10.0 Å². The number of hydrogen-bond acceptors (Lipinski definition) is 6. The van der Waals surface area contributed by atoms with Crippen LogP contribution in [0.2, 0.25) is 0 Å². The lowest BCUT2D eigenvalue weighted by Crippen LogP contribution is -2.08. The maximum atomic E-state index is 12.2. The lowest BCUT2D eigenvalue weighted by Gasteiger charge is -2.08. The Morgan fingerprint density at radius 1 is 0.967 bits per heavy atom. The zero-order valence-electron chi connectivity index (χ0n) is 15.7. The molecule has 8 nitrogen and oxygen atoms in total. The zero-order chi connectivity index (χ0) is 20.8. The van der Waals surface area contributed by atoms with Crippen LogP contribution < -0.4 is 9.46 Å². The summed E-state index contributed by atoms with van der Waals surface area (Å²) >= 11 is 0. The summed E-state index contributed by atoms with van der Waals surface area (Å²) in [6.45, 7) is 0. The van der Waals surface area contributed by atoms with Gasteiger partial charge in [0.15, 0.2) is 5.82 Å². The summed E-state index contributed by atoms with van der Waals surface area (Å²) in [6.07, 6.45) is 6.33. The molecule has 150 valence electrons. The van der Waals surface area contributed by atoms with Crippen molar-refractivity contribution in [3.05, 3.63) is 96.4 Å². The van der Waals surface area contributed by atoms with Crippen molar-refractivity contribution < 1.29 is 13.2 Å². The molecule has 0 unspecified atom stereocenters. The Morgan fingerprint density at radius 2 is 1.77 bits per heavy atom. The van der Waals surface area contributed by atoms with Gasteiger partial charge in [-0.2, -0.15) is 5.10 Å². The molecule has 0 atom stereocenters. The molecule has 0 radical (unpaired) electrons. The lowest BCUT2D eigenvalue weighted by atomic mass is 10.2. The van der Waals surface area contributed by atoms with Gasteiger partial charge in [-0.1, -0.05) is 30.3 Å². The van der Waals surface area contributed by atoms with E-state index in [1.54, 1.807) is 53.5 Å². The first-order chi connectivity index (χ1) is 14.6. The fraction of sp³-hybridized carbons (Fsp3) is 0. The molecule has 0 aliphatic rings. The monoisotopic (exact) mass is 419 g/mol. The van der Waals surface area contributed by atoms with E-state index >= 15 is 0 Å². The molecule has 4 rings (SSSR count). The first kappa shape index (κ1) is 19.3. The van der Waals surface area contributed by atoms with Crippen LogP contribution in [0.25, 0.3) is 11.9 Å². The highest BCUT2D eigenvalue weighted by molar-refractivity contribution is 7.95. The summed E-state index contributed by atoms with van der Waals surface area (Å²) < 4.78 is 34.3. The molecule has 0 saturated carbocycles. The third-order valence-electron chi connectivity index (χ3n) is 3.94. The van der Waals surface area contributed by atoms with Crippen LogP contribution in [0.5, 0.6) is 11.6 Å². The Balaban J connectivity index is 1.42. The van der Waals surface area contributed by atoms with Gasteiger partial charge in [0.2, 0.25) is 5.88 Å². The van der Waals surface area contributed by atoms with Gasteiger partial charge in [-0.3, -0.25) is 4.72 Å². The molecular formula is C21H17N5O3S. The van der Waals surface area contributed by atoms with E-state index in [4.69, 9.17) is 4.74 Å². The topological polar surface area (TPSA) is 99.0 Å². The van der Waals surface area contributed by atoms with Crippen molar-refractivity contribution in [3.8, 4) is 17.4 Å². The Hall–Kier alpha value is -3.98. The second-order valence-corrected chi connectivity index (χ2v) is 7.72. The van der Waals surface area contributed by atoms with Crippen LogP contribution in [0.15, 0.2) is 90.9 Å². The molecule has 0 bridgehead atoms. The van der Waals surface area contributed by atoms with Crippen LogP contribution in [-0.4, -0.2) is 28.2 Å². The van der Waals surface area contributed by atoms with Crippen LogP contribution in [0.1, 0.15) is 5.56 Å². The van der Waals surface area contributed by atoms with Crippen molar-refractivity contribution in [3.63, 3.8) is 0 Å². The smallest absolute Gasteiger partial charge is 0.255 e. The molecule has 1 N–H and O–H groups in total. The van der Waals surface area contributed by atoms with Crippen molar-refractivity contribution in [2.75, 3.05) is 4.72 Å². The first-order valence-electron chi connectivity index (χ1n) is 8.93. The number of hydrogen-bond donors (Lipinski definition) is 1. The average molecular weight is 419 g/mol. The summed E-state index contributed by atoms with van der Waals surface area (Å²) in [6, 6.07) is 19.2. The lowest BCUT2D eigenvalue weighted by molar-refractivity contribution is 0.460. The molecule has 2 heterocycles. The molecule has 0 spiro atoms. The summed E-state index contributed by atoms with van der Waals surface area (Å²) in [5.41, 5.74) is 1.21. The van der Waals surface area contributed by atoms with Crippen LogP contribution in [-0.2, 0) is 10.0 Å². The molecule has 0 fully saturated rings. The van der Waals surface area contributed by atoms with Gasteiger partial charge in [-0.15, -0.1) is 0 Å². The number of ether oxygens (including phenoxy) is 1. The fourth-order valence-electron chi connectivity index (χ4n) is 2.56. The second kappa shape index (κ2) is 8.58. The van der Waals surface area contributed by atoms with E-state index in [9.17, 15) is 8.42 Å². The number of aromatic nitrogens is 4. The maximum Gasteiger partial charge on any atom is 0.255 e. The normalized spacial score (nSPS) is 11.5. The predicted molar refractivity (Wildman–Crippen MR) is 114 cm³/mol. The quantitative estimate of drug-likeness (QED) is 0.488. The molecular weight excluding hydrogens is 402 g/mol. The molecule has 0 aliphatic carbocycles. The van der Waals surface area contributed by atoms with E-state index in [-0.39, 0.29) is 0 Å². The molecule has 2 aromatic carbocycles. The van der Waals surface area contributed by atoms with Crippen LogP contribution in [0.3, 0.4) is 0 Å². The molecule has 30 heavy (non-hydrogen) atoms. The summed E-state index contributed by atoms with van der Waals surface area (Å²) in [5.74, 6) is 1.41. The minimum atomic E-state index is -3.64. The second-order valence-electron chi connectivity index (χ2n) is 6.15. The van der Waals surface area contributed by atoms with E-state index in [2.05, 4.69) is 19.8 Å². The highest BCUT2D eigenvalue weighted by atomic mass is 32.2. The molecule has 9 heteroatoms. The number of rotatable bonds is 7. The van der Waals surface area contributed by atoms with Crippen LogP contribution in [0.4, 0.5) is 5.69 Å². The summed E-state index contributed by atoms with van der Waals surface area (Å²) in [5, 5.41) is 5.24. The van der Waals surface area contributed by atoms with Crippen molar-refractivity contribution in [1.82, 2.24) is 19.7 Å². The van der Waals surface area contributed by atoms with Crippen molar-refractivity contribution in [2.24, 2.45) is 0 Å². The minimum Gasteiger partial charge on any atom is -0.439 e. The van der Waals surface area contributed by atoms with Crippen LogP contribution >= 0.6 is 0 Å². The van der Waals surface area contributed by atoms with Crippen LogP contribution in [0, 0.1) is 0 Å². The number of sulfonamides is 1. The van der Waals surface area contributed by atoms with Gasteiger partial charge in [0.25, 0.3) is 10.0 Å². The van der Waals surface area contributed by atoms with Gasteiger partial charge in [0.1, 0.15) is 12.1 Å². The van der Waals surface area contributed by atoms with E-state index in [0.29, 0.717) is 23.1 Å². The van der Waals surface area contributed by atoms with Gasteiger partial charge in [0.05, 0.1) is 5.41 Å². The fourth-order valence-corrected chi connectivity index (χ4v) is 3.43. The van der Waals surface area contributed by atoms with Crippen molar-refractivity contribution in [2.45, 2.75) is 0 Å². The third-order valence-corrected chi connectivity index (χ3v) is 4.96. The summed E-state index contributed by atoms with van der Waals surface area (Å²) in [4.78, 5) is 8.23. The average Bonchev–Trinajstić information content (AvgIpc) is 3.30. The Bertz CT molecular complexity index is 1240. The van der Waals surface area contributed by atoms with Crippen molar-refractivity contribution in [1.29, 1.82) is 0 Å².